The third-order valence-corrected chi connectivity index (χ3v) is 2.99. The van der Waals surface area contributed by atoms with E-state index >= 15 is 0 Å². The standard InChI is InChI=1S/C14H18N2O/c1-3-4-9-15-12-7-5-11-6-8-14(17)16(2)13(11)10-12/h5-8,10,15H,3-4,9H2,1-2H3. The maximum Gasteiger partial charge on any atom is 0.250 e. The van der Waals surface area contributed by atoms with Crippen LogP contribution < -0.4 is 10.9 Å². The third kappa shape index (κ3) is 2.49. The fraction of sp³-hybridized carbons (Fsp3) is 0.357. The summed E-state index contributed by atoms with van der Waals surface area (Å²) in [7, 11) is 1.81. The van der Waals surface area contributed by atoms with Crippen LogP contribution in [0.1, 0.15) is 19.8 Å². The van der Waals surface area contributed by atoms with Crippen LogP contribution in [0.2, 0.25) is 0 Å². The highest BCUT2D eigenvalue weighted by molar-refractivity contribution is 5.82. The van der Waals surface area contributed by atoms with Gasteiger partial charge in [0.1, 0.15) is 0 Å². The van der Waals surface area contributed by atoms with E-state index in [0.717, 1.165) is 29.6 Å². The van der Waals surface area contributed by atoms with Crippen molar-refractivity contribution in [1.29, 1.82) is 0 Å². The second kappa shape index (κ2) is 5.04. The van der Waals surface area contributed by atoms with Gasteiger partial charge in [-0.2, -0.15) is 0 Å². The molecule has 0 aliphatic rings. The molecule has 3 nitrogen and oxygen atoms in total. The molecule has 1 heterocycles. The molecule has 1 aromatic carbocycles. The van der Waals surface area contributed by atoms with E-state index < -0.39 is 0 Å². The summed E-state index contributed by atoms with van der Waals surface area (Å²) in [6, 6.07) is 9.61. The Morgan fingerprint density at radius 1 is 1.24 bits per heavy atom. The molecule has 0 radical (unpaired) electrons. The molecule has 0 amide bonds. The van der Waals surface area contributed by atoms with Crippen LogP contribution in [0.3, 0.4) is 0 Å². The molecule has 0 saturated carbocycles. The lowest BCUT2D eigenvalue weighted by Gasteiger charge is -2.09. The number of fused-ring (bicyclic) bond motifs is 1. The molecule has 2 aromatic rings. The summed E-state index contributed by atoms with van der Waals surface area (Å²) in [6.45, 7) is 3.15. The average Bonchev–Trinajstić information content (AvgIpc) is 2.35. The first-order valence-electron chi connectivity index (χ1n) is 6.06. The number of anilines is 1. The van der Waals surface area contributed by atoms with Crippen LogP contribution in [-0.4, -0.2) is 11.1 Å². The van der Waals surface area contributed by atoms with Gasteiger partial charge in [-0.15, -0.1) is 0 Å². The van der Waals surface area contributed by atoms with Crippen LogP contribution in [0.25, 0.3) is 10.9 Å². The second-order valence-electron chi connectivity index (χ2n) is 4.28. The van der Waals surface area contributed by atoms with Gasteiger partial charge in [-0.1, -0.05) is 19.4 Å². The molecule has 90 valence electrons. The van der Waals surface area contributed by atoms with Gasteiger partial charge in [-0.05, 0) is 30.0 Å². The first-order chi connectivity index (χ1) is 8.22. The first-order valence-corrected chi connectivity index (χ1v) is 6.06. The molecule has 3 heteroatoms. The van der Waals surface area contributed by atoms with E-state index in [1.54, 1.807) is 17.7 Å². The number of nitrogens with zero attached hydrogens (tertiary/aromatic N) is 1. The van der Waals surface area contributed by atoms with Crippen molar-refractivity contribution in [3.05, 3.63) is 40.7 Å². The Morgan fingerprint density at radius 2 is 2.00 bits per heavy atom. The lowest BCUT2D eigenvalue weighted by atomic mass is 10.2. The van der Waals surface area contributed by atoms with Crippen LogP contribution in [0, 0.1) is 0 Å². The molecule has 0 saturated heterocycles. The predicted octanol–water partition coefficient (Wildman–Crippen LogP) is 2.75. The Morgan fingerprint density at radius 3 is 2.76 bits per heavy atom. The van der Waals surface area contributed by atoms with Crippen LogP contribution in [0.4, 0.5) is 5.69 Å². The van der Waals surface area contributed by atoms with Crippen LogP contribution in [0.15, 0.2) is 35.1 Å². The summed E-state index contributed by atoms with van der Waals surface area (Å²) in [4.78, 5) is 11.5. The molecule has 0 spiro atoms. The van der Waals surface area contributed by atoms with E-state index in [2.05, 4.69) is 18.3 Å². The highest BCUT2D eigenvalue weighted by Gasteiger charge is 2.00. The van der Waals surface area contributed by atoms with E-state index in [1.165, 1.54) is 6.42 Å². The van der Waals surface area contributed by atoms with Crippen molar-refractivity contribution >= 4 is 16.6 Å². The van der Waals surface area contributed by atoms with Crippen molar-refractivity contribution in [3.63, 3.8) is 0 Å². The summed E-state index contributed by atoms with van der Waals surface area (Å²) < 4.78 is 1.68. The van der Waals surface area contributed by atoms with E-state index in [-0.39, 0.29) is 5.56 Å². The summed E-state index contributed by atoms with van der Waals surface area (Å²) in [5, 5.41) is 4.46. The molecule has 2 rings (SSSR count). The fourth-order valence-corrected chi connectivity index (χ4v) is 1.89. The Hall–Kier alpha value is -1.77. The van der Waals surface area contributed by atoms with Crippen molar-refractivity contribution in [2.45, 2.75) is 19.8 Å². The van der Waals surface area contributed by atoms with Gasteiger partial charge in [0.05, 0.1) is 5.52 Å². The van der Waals surface area contributed by atoms with E-state index in [9.17, 15) is 4.79 Å². The zero-order valence-electron chi connectivity index (χ0n) is 10.4. The lowest BCUT2D eigenvalue weighted by molar-refractivity contribution is 0.834. The molecular formula is C14H18N2O. The quantitative estimate of drug-likeness (QED) is 0.819. The molecule has 17 heavy (non-hydrogen) atoms. The summed E-state index contributed by atoms with van der Waals surface area (Å²) in [6.07, 6.45) is 2.34. The van der Waals surface area contributed by atoms with Crippen LogP contribution in [-0.2, 0) is 7.05 Å². The topological polar surface area (TPSA) is 34.0 Å². The number of hydrogen-bond acceptors (Lipinski definition) is 2. The van der Waals surface area contributed by atoms with Crippen LogP contribution >= 0.6 is 0 Å². The Labute approximate surface area is 101 Å². The lowest BCUT2D eigenvalue weighted by Crippen LogP contribution is -2.15. The maximum atomic E-state index is 11.5. The summed E-state index contributed by atoms with van der Waals surface area (Å²) >= 11 is 0. The number of pyridine rings is 1. The highest BCUT2D eigenvalue weighted by atomic mass is 16.1. The van der Waals surface area contributed by atoms with Gasteiger partial charge < -0.3 is 9.88 Å². The van der Waals surface area contributed by atoms with Crippen LogP contribution in [0.5, 0.6) is 0 Å². The summed E-state index contributed by atoms with van der Waals surface area (Å²) in [5.74, 6) is 0. The average molecular weight is 230 g/mol. The number of benzene rings is 1. The Balaban J connectivity index is 2.35. The number of hydrogen-bond donors (Lipinski definition) is 1. The number of unbranched alkanes of at least 4 members (excludes halogenated alkanes) is 1. The molecule has 0 bridgehead atoms. The van der Waals surface area contributed by atoms with E-state index in [1.807, 2.05) is 18.2 Å². The van der Waals surface area contributed by atoms with Crippen molar-refractivity contribution in [2.75, 3.05) is 11.9 Å². The van der Waals surface area contributed by atoms with Gasteiger partial charge in [0, 0.05) is 25.3 Å². The normalized spacial score (nSPS) is 10.7. The smallest absolute Gasteiger partial charge is 0.250 e. The predicted molar refractivity (Wildman–Crippen MR) is 72.6 cm³/mol. The van der Waals surface area contributed by atoms with E-state index in [4.69, 9.17) is 0 Å². The molecular weight excluding hydrogens is 212 g/mol. The number of rotatable bonds is 4. The van der Waals surface area contributed by atoms with Crippen molar-refractivity contribution in [1.82, 2.24) is 4.57 Å². The SMILES string of the molecule is CCCCNc1ccc2ccc(=O)n(C)c2c1. The third-order valence-electron chi connectivity index (χ3n) is 2.99. The number of aromatic nitrogens is 1. The fourth-order valence-electron chi connectivity index (χ4n) is 1.89. The second-order valence-corrected chi connectivity index (χ2v) is 4.28. The van der Waals surface area contributed by atoms with Gasteiger partial charge in [-0.3, -0.25) is 4.79 Å². The first kappa shape index (κ1) is 11.7. The van der Waals surface area contributed by atoms with Gasteiger partial charge in [0.2, 0.25) is 0 Å². The molecule has 0 atom stereocenters. The van der Waals surface area contributed by atoms with Gasteiger partial charge in [-0.25, -0.2) is 0 Å². The summed E-state index contributed by atoms with van der Waals surface area (Å²) in [5.41, 5.74) is 2.08. The van der Waals surface area contributed by atoms with Crippen molar-refractivity contribution < 1.29 is 0 Å². The van der Waals surface area contributed by atoms with Gasteiger partial charge in [0.15, 0.2) is 0 Å². The van der Waals surface area contributed by atoms with Gasteiger partial charge >= 0.3 is 0 Å². The monoisotopic (exact) mass is 230 g/mol. The zero-order valence-corrected chi connectivity index (χ0v) is 10.4. The minimum atomic E-state index is 0.0307. The zero-order chi connectivity index (χ0) is 12.3. The molecule has 1 N–H and O–H groups in total. The number of aryl methyl sites for hydroxylation is 1. The minimum absolute atomic E-state index is 0.0307. The largest absolute Gasteiger partial charge is 0.385 e. The molecule has 0 aliphatic heterocycles. The maximum absolute atomic E-state index is 11.5. The Kier molecular flexibility index (Phi) is 3.47. The molecule has 0 unspecified atom stereocenters. The molecule has 0 fully saturated rings. The van der Waals surface area contributed by atoms with Crippen molar-refractivity contribution in [2.24, 2.45) is 7.05 Å². The van der Waals surface area contributed by atoms with E-state index in [0.29, 0.717) is 0 Å². The molecule has 0 aliphatic carbocycles. The van der Waals surface area contributed by atoms with Crippen molar-refractivity contribution in [3.8, 4) is 0 Å². The minimum Gasteiger partial charge on any atom is -0.385 e. The highest BCUT2D eigenvalue weighted by Crippen LogP contribution is 2.17. The number of nitrogens with one attached hydrogen (secondary N) is 1. The Bertz CT molecular complexity index is 572. The van der Waals surface area contributed by atoms with Gasteiger partial charge in [0.25, 0.3) is 5.56 Å². The molecule has 1 aromatic heterocycles.